The Hall–Kier alpha value is -2.93. The maximum absolute atomic E-state index is 12.8. The predicted octanol–water partition coefficient (Wildman–Crippen LogP) is 4.67. The topological polar surface area (TPSA) is 65.4 Å². The third-order valence-corrected chi connectivity index (χ3v) is 6.68. The summed E-state index contributed by atoms with van der Waals surface area (Å²) in [4.78, 5) is 12.8. The molecule has 0 saturated carbocycles. The van der Waals surface area contributed by atoms with Crippen LogP contribution < -0.4 is 14.8 Å². The molecule has 1 aromatic heterocycles. The van der Waals surface area contributed by atoms with Gasteiger partial charge >= 0.3 is 0 Å². The number of fused-ring (bicyclic) bond motifs is 1. The van der Waals surface area contributed by atoms with Gasteiger partial charge in [-0.1, -0.05) is 18.2 Å². The lowest BCUT2D eigenvalue weighted by molar-refractivity contribution is -0.115. The molecule has 1 aliphatic heterocycles. The molecule has 2 heterocycles. The van der Waals surface area contributed by atoms with Gasteiger partial charge in [0, 0.05) is 5.56 Å². The molecule has 4 rings (SSSR count). The third-order valence-electron chi connectivity index (χ3n) is 5.28. The van der Waals surface area contributed by atoms with E-state index in [1.54, 1.807) is 26.0 Å². The van der Waals surface area contributed by atoms with Crippen molar-refractivity contribution < 1.29 is 14.3 Å². The first-order chi connectivity index (χ1) is 14.4. The molecule has 2 aromatic carbocycles. The molecule has 7 heteroatoms. The molecule has 6 nitrogen and oxygen atoms in total. The number of hydrogen-bond acceptors (Lipinski definition) is 5. The number of rotatable bonds is 4. The zero-order valence-corrected chi connectivity index (χ0v) is 18.5. The number of nitrogens with zero attached hydrogens (tertiary/aromatic N) is 2. The summed E-state index contributed by atoms with van der Waals surface area (Å²) < 4.78 is 12.7. The molecule has 1 N–H and O–H groups in total. The molecule has 0 unspecified atom stereocenters. The van der Waals surface area contributed by atoms with Crippen LogP contribution in [0.2, 0.25) is 0 Å². The minimum absolute atomic E-state index is 0.0296. The average molecular weight is 424 g/mol. The van der Waals surface area contributed by atoms with Crippen molar-refractivity contribution >= 4 is 23.5 Å². The highest BCUT2D eigenvalue weighted by atomic mass is 32.2. The summed E-state index contributed by atoms with van der Waals surface area (Å²) in [5.74, 6) is 2.03. The molecule has 0 spiro atoms. The van der Waals surface area contributed by atoms with Crippen molar-refractivity contribution in [2.45, 2.75) is 31.3 Å². The van der Waals surface area contributed by atoms with E-state index < -0.39 is 0 Å². The summed E-state index contributed by atoms with van der Waals surface area (Å²) >= 11 is 1.61. The quantitative estimate of drug-likeness (QED) is 0.661. The van der Waals surface area contributed by atoms with Gasteiger partial charge in [0.05, 0.1) is 36.1 Å². The van der Waals surface area contributed by atoms with Gasteiger partial charge in [0.1, 0.15) is 5.82 Å². The Morgan fingerprint density at radius 2 is 1.83 bits per heavy atom. The zero-order valence-electron chi connectivity index (χ0n) is 17.7. The zero-order chi connectivity index (χ0) is 21.4. The summed E-state index contributed by atoms with van der Waals surface area (Å²) in [6.07, 6.45) is 0. The van der Waals surface area contributed by atoms with Gasteiger partial charge in [-0.2, -0.15) is 5.10 Å². The summed E-state index contributed by atoms with van der Waals surface area (Å²) in [6, 6.07) is 14.0. The van der Waals surface area contributed by atoms with Gasteiger partial charge in [0.15, 0.2) is 11.5 Å². The average Bonchev–Trinajstić information content (AvgIpc) is 2.99. The van der Waals surface area contributed by atoms with Gasteiger partial charge in [0.25, 0.3) is 0 Å². The maximum Gasteiger partial charge on any atom is 0.238 e. The number of hydrogen-bond donors (Lipinski definition) is 1. The van der Waals surface area contributed by atoms with E-state index in [2.05, 4.69) is 11.4 Å². The standard InChI is InChI=1S/C23H25N3O3S/c1-13-7-6-8-17(11-13)26-22-20(14(2)25-26)21(30-15(3)23(27)24-22)16-9-10-18(28-4)19(12-16)29-5/h6-12,15,21H,1-5H3,(H,24,27)/t15-,21-/m1/s1. The predicted molar refractivity (Wildman–Crippen MR) is 120 cm³/mol. The molecule has 2 atom stereocenters. The van der Waals surface area contributed by atoms with E-state index >= 15 is 0 Å². The Labute approximate surface area is 180 Å². The van der Waals surface area contributed by atoms with E-state index in [1.807, 2.05) is 61.9 Å². The van der Waals surface area contributed by atoms with Gasteiger partial charge in [-0.15, -0.1) is 11.8 Å². The number of aromatic nitrogens is 2. The number of benzene rings is 2. The summed E-state index contributed by atoms with van der Waals surface area (Å²) in [6.45, 7) is 5.96. The molecule has 3 aromatic rings. The van der Waals surface area contributed by atoms with E-state index in [4.69, 9.17) is 14.6 Å². The lowest BCUT2D eigenvalue weighted by Crippen LogP contribution is -2.22. The number of methoxy groups -OCH3 is 2. The minimum Gasteiger partial charge on any atom is -0.493 e. The maximum atomic E-state index is 12.8. The molecular formula is C23H25N3O3S. The van der Waals surface area contributed by atoms with Gasteiger partial charge < -0.3 is 14.8 Å². The molecule has 0 radical (unpaired) electrons. The van der Waals surface area contributed by atoms with Crippen LogP contribution in [0.15, 0.2) is 42.5 Å². The van der Waals surface area contributed by atoms with E-state index in [0.29, 0.717) is 11.5 Å². The fourth-order valence-corrected chi connectivity index (χ4v) is 5.05. The number of ether oxygens (including phenoxy) is 2. The highest BCUT2D eigenvalue weighted by molar-refractivity contribution is 8.01. The normalized spacial score (nSPS) is 18.4. The second kappa shape index (κ2) is 8.07. The van der Waals surface area contributed by atoms with E-state index in [1.165, 1.54) is 0 Å². The molecular weight excluding hydrogens is 398 g/mol. The first kappa shape index (κ1) is 20.3. The Morgan fingerprint density at radius 3 is 2.53 bits per heavy atom. The van der Waals surface area contributed by atoms with E-state index in [-0.39, 0.29) is 16.4 Å². The fourth-order valence-electron chi connectivity index (χ4n) is 3.73. The number of amides is 1. The SMILES string of the molecule is COc1ccc([C@H]2S[C@H](C)C(=O)Nc3c2c(C)nn3-c2cccc(C)c2)cc1OC. The molecule has 156 valence electrons. The van der Waals surface area contributed by atoms with Crippen molar-refractivity contribution in [3.8, 4) is 17.2 Å². The molecule has 1 amide bonds. The first-order valence-electron chi connectivity index (χ1n) is 9.77. The number of nitrogens with one attached hydrogen (secondary N) is 1. The van der Waals surface area contributed by atoms with Crippen LogP contribution in [0.1, 0.15) is 34.6 Å². The number of anilines is 1. The Kier molecular flexibility index (Phi) is 5.47. The Morgan fingerprint density at radius 1 is 1.07 bits per heavy atom. The van der Waals surface area contributed by atoms with Crippen LogP contribution in [0.3, 0.4) is 0 Å². The highest BCUT2D eigenvalue weighted by Crippen LogP contribution is 2.47. The van der Waals surface area contributed by atoms with Crippen LogP contribution >= 0.6 is 11.8 Å². The summed E-state index contributed by atoms with van der Waals surface area (Å²) in [7, 11) is 3.25. The van der Waals surface area contributed by atoms with Crippen LogP contribution in [0.5, 0.6) is 11.5 Å². The number of thioether (sulfide) groups is 1. The summed E-state index contributed by atoms with van der Waals surface area (Å²) in [5.41, 5.74) is 4.98. The minimum atomic E-state index is -0.221. The second-order valence-electron chi connectivity index (χ2n) is 7.36. The monoisotopic (exact) mass is 423 g/mol. The van der Waals surface area contributed by atoms with E-state index in [0.717, 1.165) is 33.9 Å². The van der Waals surface area contributed by atoms with Crippen molar-refractivity contribution in [3.05, 3.63) is 64.8 Å². The lowest BCUT2D eigenvalue weighted by Gasteiger charge is -2.19. The smallest absolute Gasteiger partial charge is 0.238 e. The van der Waals surface area contributed by atoms with Crippen LogP contribution in [0, 0.1) is 13.8 Å². The second-order valence-corrected chi connectivity index (χ2v) is 8.81. The van der Waals surface area contributed by atoms with Crippen molar-refractivity contribution in [1.82, 2.24) is 9.78 Å². The molecule has 30 heavy (non-hydrogen) atoms. The highest BCUT2D eigenvalue weighted by Gasteiger charge is 2.34. The molecule has 0 bridgehead atoms. The van der Waals surface area contributed by atoms with Crippen LogP contribution in [0.4, 0.5) is 5.82 Å². The van der Waals surface area contributed by atoms with Gasteiger partial charge in [-0.3, -0.25) is 4.79 Å². The molecule has 1 aliphatic rings. The summed E-state index contributed by atoms with van der Waals surface area (Å²) in [5, 5.41) is 7.61. The fraction of sp³-hybridized carbons (Fsp3) is 0.304. The van der Waals surface area contributed by atoms with Gasteiger partial charge in [-0.05, 0) is 56.2 Å². The van der Waals surface area contributed by atoms with Crippen molar-refractivity contribution in [3.63, 3.8) is 0 Å². The van der Waals surface area contributed by atoms with Crippen molar-refractivity contribution in [2.24, 2.45) is 0 Å². The van der Waals surface area contributed by atoms with Gasteiger partial charge in [0.2, 0.25) is 5.91 Å². The van der Waals surface area contributed by atoms with Crippen molar-refractivity contribution in [1.29, 1.82) is 0 Å². The van der Waals surface area contributed by atoms with Crippen LogP contribution in [0.25, 0.3) is 5.69 Å². The largest absolute Gasteiger partial charge is 0.493 e. The molecule has 0 saturated heterocycles. The van der Waals surface area contributed by atoms with Gasteiger partial charge in [-0.25, -0.2) is 4.68 Å². The lowest BCUT2D eigenvalue weighted by atomic mass is 10.0. The third kappa shape index (κ3) is 3.54. The Balaban J connectivity index is 1.90. The van der Waals surface area contributed by atoms with E-state index in [9.17, 15) is 4.79 Å². The Bertz CT molecular complexity index is 1110. The number of aryl methyl sites for hydroxylation is 2. The first-order valence-corrected chi connectivity index (χ1v) is 10.7. The van der Waals surface area contributed by atoms with Crippen molar-refractivity contribution in [2.75, 3.05) is 19.5 Å². The number of carbonyl (C=O) groups excluding carboxylic acids is 1. The molecule has 0 fully saturated rings. The molecule has 0 aliphatic carbocycles. The van der Waals surface area contributed by atoms with Crippen LogP contribution in [-0.2, 0) is 4.79 Å². The van der Waals surface area contributed by atoms with Crippen LogP contribution in [-0.4, -0.2) is 35.2 Å². The number of carbonyl (C=O) groups is 1.